The average Bonchev–Trinajstić information content (AvgIpc) is 3.41. The van der Waals surface area contributed by atoms with Gasteiger partial charge in [0, 0.05) is 39.5 Å². The summed E-state index contributed by atoms with van der Waals surface area (Å²) in [7, 11) is 0. The molecule has 0 unspecified atom stereocenters. The van der Waals surface area contributed by atoms with Crippen molar-refractivity contribution < 1.29 is 19.1 Å². The van der Waals surface area contributed by atoms with Gasteiger partial charge in [-0.2, -0.15) is 0 Å². The Balaban J connectivity index is 1.34. The van der Waals surface area contributed by atoms with Gasteiger partial charge in [0.2, 0.25) is 11.8 Å². The molecule has 3 aromatic rings. The van der Waals surface area contributed by atoms with Crippen molar-refractivity contribution >= 4 is 40.5 Å². The van der Waals surface area contributed by atoms with Crippen molar-refractivity contribution in [2.75, 3.05) is 39.5 Å². The van der Waals surface area contributed by atoms with E-state index in [-0.39, 0.29) is 18.2 Å². The monoisotopic (exact) mass is 614 g/mol. The van der Waals surface area contributed by atoms with Crippen molar-refractivity contribution in [2.24, 2.45) is 10.4 Å². The summed E-state index contributed by atoms with van der Waals surface area (Å²) in [4.78, 5) is 31.2. The van der Waals surface area contributed by atoms with Crippen LogP contribution < -0.4 is 10.6 Å². The van der Waals surface area contributed by atoms with E-state index in [2.05, 4.69) is 34.7 Å². The van der Waals surface area contributed by atoms with Crippen molar-refractivity contribution in [3.63, 3.8) is 0 Å². The Labute approximate surface area is 255 Å². The molecule has 4 rings (SSSR count). The molecule has 1 atom stereocenters. The van der Waals surface area contributed by atoms with Gasteiger partial charge < -0.3 is 20.1 Å². The van der Waals surface area contributed by atoms with Crippen LogP contribution in [-0.4, -0.2) is 71.8 Å². The Hall–Kier alpha value is -3.12. The molecular weight excluding hydrogens is 576 g/mol. The number of carbonyl (C=O) groups excluding carboxylic acids is 2. The SMILES string of the molecule is Cc1sc2c(c1C)C(c1ccc(Cl)cc1)=N[C@@H](CC(=O)NCCOCCOCCNC(=O)C(C)(C)C)c1nnc(C)n1-2. The summed E-state index contributed by atoms with van der Waals surface area (Å²) >= 11 is 7.85. The lowest BCUT2D eigenvalue weighted by molar-refractivity contribution is -0.128. The second-order valence-electron chi connectivity index (χ2n) is 11.2. The van der Waals surface area contributed by atoms with Gasteiger partial charge in [0.15, 0.2) is 5.82 Å². The number of benzene rings is 1. The summed E-state index contributed by atoms with van der Waals surface area (Å²) in [5.74, 6) is 1.23. The first-order chi connectivity index (χ1) is 20.0. The van der Waals surface area contributed by atoms with Crippen molar-refractivity contribution in [1.82, 2.24) is 25.4 Å². The van der Waals surface area contributed by atoms with Crippen molar-refractivity contribution in [1.29, 1.82) is 0 Å². The molecule has 226 valence electrons. The van der Waals surface area contributed by atoms with Crippen LogP contribution in [0.5, 0.6) is 0 Å². The minimum Gasteiger partial charge on any atom is -0.377 e. The van der Waals surface area contributed by atoms with Gasteiger partial charge in [-0.3, -0.25) is 19.1 Å². The highest BCUT2D eigenvalue weighted by molar-refractivity contribution is 7.15. The molecule has 0 saturated carbocycles. The summed E-state index contributed by atoms with van der Waals surface area (Å²) in [6.45, 7) is 14.1. The van der Waals surface area contributed by atoms with Crippen LogP contribution in [0, 0.1) is 26.2 Å². The normalized spacial score (nSPS) is 14.5. The molecule has 3 heterocycles. The van der Waals surface area contributed by atoms with E-state index in [0.717, 1.165) is 33.2 Å². The van der Waals surface area contributed by atoms with Gasteiger partial charge in [0.25, 0.3) is 0 Å². The lowest BCUT2D eigenvalue weighted by atomic mass is 9.96. The van der Waals surface area contributed by atoms with Gasteiger partial charge in [-0.1, -0.05) is 44.5 Å². The van der Waals surface area contributed by atoms with E-state index in [1.54, 1.807) is 11.3 Å². The van der Waals surface area contributed by atoms with E-state index in [1.165, 1.54) is 4.88 Å². The molecule has 2 aromatic heterocycles. The highest BCUT2D eigenvalue weighted by Gasteiger charge is 2.32. The van der Waals surface area contributed by atoms with E-state index in [9.17, 15) is 9.59 Å². The molecular formula is C30H39ClN6O4S. The minimum absolute atomic E-state index is 0.00879. The first kappa shape index (κ1) is 31.8. The quantitative estimate of drug-likeness (QED) is 0.290. The Bertz CT molecular complexity index is 1440. The third-order valence-electron chi connectivity index (χ3n) is 6.89. The highest BCUT2D eigenvalue weighted by Crippen LogP contribution is 2.39. The van der Waals surface area contributed by atoms with Gasteiger partial charge >= 0.3 is 0 Å². The Morgan fingerprint density at radius 2 is 1.62 bits per heavy atom. The maximum atomic E-state index is 13.0. The van der Waals surface area contributed by atoms with Gasteiger partial charge in [0.05, 0.1) is 38.6 Å². The molecule has 0 spiro atoms. The van der Waals surface area contributed by atoms with Gasteiger partial charge in [0.1, 0.15) is 16.9 Å². The molecule has 2 N–H and O–H groups in total. The molecule has 1 aromatic carbocycles. The number of aliphatic imine (C=N–C) groups is 1. The topological polar surface area (TPSA) is 120 Å². The predicted octanol–water partition coefficient (Wildman–Crippen LogP) is 4.50. The molecule has 1 aliphatic rings. The fourth-order valence-corrected chi connectivity index (χ4v) is 5.81. The number of amides is 2. The van der Waals surface area contributed by atoms with E-state index in [0.29, 0.717) is 50.4 Å². The maximum Gasteiger partial charge on any atom is 0.225 e. The van der Waals surface area contributed by atoms with Crippen molar-refractivity contribution in [2.45, 2.75) is 54.0 Å². The minimum atomic E-state index is -0.524. The Morgan fingerprint density at radius 3 is 2.26 bits per heavy atom. The number of fused-ring (bicyclic) bond motifs is 3. The molecule has 10 nitrogen and oxygen atoms in total. The first-order valence-corrected chi connectivity index (χ1v) is 15.2. The predicted molar refractivity (Wildman–Crippen MR) is 165 cm³/mol. The van der Waals surface area contributed by atoms with Crippen LogP contribution in [-0.2, 0) is 19.1 Å². The number of carbonyl (C=O) groups is 2. The molecule has 0 bridgehead atoms. The second kappa shape index (κ2) is 13.9. The van der Waals surface area contributed by atoms with E-state index >= 15 is 0 Å². The summed E-state index contributed by atoms with van der Waals surface area (Å²) in [6.07, 6.45) is 0.117. The van der Waals surface area contributed by atoms with Crippen LogP contribution in [0.2, 0.25) is 5.02 Å². The summed E-state index contributed by atoms with van der Waals surface area (Å²) < 4.78 is 13.1. The lowest BCUT2D eigenvalue weighted by Gasteiger charge is -2.17. The number of hydrogen-bond donors (Lipinski definition) is 2. The number of thiophene rings is 1. The Kier molecular flexibility index (Phi) is 10.5. The zero-order valence-electron chi connectivity index (χ0n) is 25.0. The molecule has 1 aliphatic heterocycles. The van der Waals surface area contributed by atoms with Gasteiger partial charge in [-0.15, -0.1) is 21.5 Å². The number of halogens is 1. The largest absolute Gasteiger partial charge is 0.377 e. The molecule has 0 saturated heterocycles. The average molecular weight is 615 g/mol. The zero-order valence-corrected chi connectivity index (χ0v) is 26.6. The van der Waals surface area contributed by atoms with Crippen LogP contribution in [0.4, 0.5) is 0 Å². The summed E-state index contributed by atoms with van der Waals surface area (Å²) in [6, 6.07) is 7.08. The fourth-order valence-electron chi connectivity index (χ4n) is 4.47. The third kappa shape index (κ3) is 7.63. The van der Waals surface area contributed by atoms with E-state index in [1.807, 2.05) is 56.5 Å². The van der Waals surface area contributed by atoms with Gasteiger partial charge in [-0.05, 0) is 38.5 Å². The summed E-state index contributed by atoms with van der Waals surface area (Å²) in [5.41, 5.74) is 3.49. The lowest BCUT2D eigenvalue weighted by Crippen LogP contribution is -2.36. The van der Waals surface area contributed by atoms with E-state index < -0.39 is 11.5 Å². The molecule has 12 heteroatoms. The smallest absolute Gasteiger partial charge is 0.225 e. The number of hydrogen-bond acceptors (Lipinski definition) is 8. The molecule has 2 amide bonds. The number of ether oxygens (including phenoxy) is 2. The zero-order chi connectivity index (χ0) is 30.4. The van der Waals surface area contributed by atoms with Crippen LogP contribution in [0.1, 0.15) is 66.5 Å². The van der Waals surface area contributed by atoms with Crippen LogP contribution in [0.3, 0.4) is 0 Å². The second-order valence-corrected chi connectivity index (χ2v) is 12.8. The van der Waals surface area contributed by atoms with Gasteiger partial charge in [-0.25, -0.2) is 0 Å². The molecule has 0 radical (unpaired) electrons. The number of aryl methyl sites for hydroxylation is 2. The van der Waals surface area contributed by atoms with Crippen molar-refractivity contribution in [3.05, 3.63) is 62.5 Å². The fraction of sp³-hybridized carbons (Fsp3) is 0.500. The van der Waals surface area contributed by atoms with E-state index in [4.69, 9.17) is 26.1 Å². The summed E-state index contributed by atoms with van der Waals surface area (Å²) in [5, 5.41) is 16.2. The highest BCUT2D eigenvalue weighted by atomic mass is 35.5. The Morgan fingerprint density at radius 1 is 0.976 bits per heavy atom. The molecule has 42 heavy (non-hydrogen) atoms. The standard InChI is InChI=1S/C30H39ClN6O4S/c1-18-19(2)42-28-25(18)26(21-7-9-22(31)10-8-21)34-23(27-36-35-20(3)37(27)28)17-24(38)32-11-13-40-15-16-41-14-12-33-29(39)30(4,5)6/h7-10,23H,11-17H2,1-6H3,(H,32,38)(H,33,39)/t23-/m0/s1. The number of rotatable bonds is 12. The number of aromatic nitrogens is 3. The molecule has 0 aliphatic carbocycles. The number of nitrogens with zero attached hydrogens (tertiary/aromatic N) is 4. The third-order valence-corrected chi connectivity index (χ3v) is 8.33. The van der Waals surface area contributed by atoms with Crippen LogP contribution in [0.15, 0.2) is 29.3 Å². The van der Waals surface area contributed by atoms with Crippen LogP contribution >= 0.6 is 22.9 Å². The first-order valence-electron chi connectivity index (χ1n) is 14.0. The van der Waals surface area contributed by atoms with Crippen LogP contribution in [0.25, 0.3) is 5.00 Å². The molecule has 0 fully saturated rings. The van der Waals surface area contributed by atoms with Crippen molar-refractivity contribution in [3.8, 4) is 5.00 Å². The maximum absolute atomic E-state index is 13.0. The number of nitrogens with one attached hydrogen (secondary N) is 2.